The van der Waals surface area contributed by atoms with Gasteiger partial charge in [-0.1, -0.05) is 6.42 Å². The van der Waals surface area contributed by atoms with E-state index < -0.39 is 0 Å². The first kappa shape index (κ1) is 14.8. The Hall–Kier alpha value is -0.610. The standard InChI is InChI=1S/C15H28N2O2/c16-13-5-1-4-12(10-13)11-15(19)17(8-3-9-18)14-6-2-7-14/h12-14,18H,1-11,16H2. The second kappa shape index (κ2) is 7.25. The molecule has 2 aliphatic rings. The van der Waals surface area contributed by atoms with Crippen LogP contribution in [-0.2, 0) is 4.79 Å². The molecule has 2 saturated carbocycles. The van der Waals surface area contributed by atoms with Gasteiger partial charge in [-0.25, -0.2) is 0 Å². The summed E-state index contributed by atoms with van der Waals surface area (Å²) < 4.78 is 0. The molecule has 0 aliphatic heterocycles. The molecule has 2 fully saturated rings. The third-order valence-corrected chi connectivity index (χ3v) is 4.68. The summed E-state index contributed by atoms with van der Waals surface area (Å²) in [6.07, 6.45) is 9.32. The number of rotatable bonds is 6. The van der Waals surface area contributed by atoms with Crippen molar-refractivity contribution >= 4 is 5.91 Å². The molecule has 0 bridgehead atoms. The first-order chi connectivity index (χ1) is 9.20. The summed E-state index contributed by atoms with van der Waals surface area (Å²) in [6, 6.07) is 0.734. The van der Waals surface area contributed by atoms with Gasteiger partial charge in [0.25, 0.3) is 0 Å². The minimum atomic E-state index is 0.171. The topological polar surface area (TPSA) is 66.6 Å². The number of nitrogens with two attached hydrogens (primary N) is 1. The zero-order valence-corrected chi connectivity index (χ0v) is 11.9. The molecule has 2 unspecified atom stereocenters. The van der Waals surface area contributed by atoms with E-state index in [1.807, 2.05) is 4.90 Å². The molecule has 2 atom stereocenters. The quantitative estimate of drug-likeness (QED) is 0.770. The number of hydrogen-bond acceptors (Lipinski definition) is 3. The van der Waals surface area contributed by atoms with E-state index in [1.165, 1.54) is 12.8 Å². The fourth-order valence-corrected chi connectivity index (χ4v) is 3.33. The van der Waals surface area contributed by atoms with Gasteiger partial charge >= 0.3 is 0 Å². The zero-order valence-electron chi connectivity index (χ0n) is 11.9. The molecule has 0 aromatic carbocycles. The summed E-state index contributed by atoms with van der Waals surface area (Å²) in [4.78, 5) is 14.5. The lowest BCUT2D eigenvalue weighted by Crippen LogP contribution is -2.45. The summed E-state index contributed by atoms with van der Waals surface area (Å²) in [5.74, 6) is 0.769. The van der Waals surface area contributed by atoms with Gasteiger partial charge < -0.3 is 15.7 Å². The van der Waals surface area contributed by atoms with Gasteiger partial charge in [0.1, 0.15) is 0 Å². The molecule has 2 aliphatic carbocycles. The van der Waals surface area contributed by atoms with Crippen molar-refractivity contribution in [3.63, 3.8) is 0 Å². The Morgan fingerprint density at radius 3 is 2.53 bits per heavy atom. The number of nitrogens with zero attached hydrogens (tertiary/aromatic N) is 1. The monoisotopic (exact) mass is 268 g/mol. The molecule has 3 N–H and O–H groups in total. The van der Waals surface area contributed by atoms with Crippen molar-refractivity contribution in [3.8, 4) is 0 Å². The van der Waals surface area contributed by atoms with Crippen LogP contribution >= 0.6 is 0 Å². The molecule has 0 heterocycles. The highest BCUT2D eigenvalue weighted by Gasteiger charge is 2.30. The maximum atomic E-state index is 12.5. The molecule has 0 radical (unpaired) electrons. The van der Waals surface area contributed by atoms with Crippen molar-refractivity contribution in [3.05, 3.63) is 0 Å². The van der Waals surface area contributed by atoms with Crippen LogP contribution in [0.4, 0.5) is 0 Å². The molecular weight excluding hydrogens is 240 g/mol. The second-order valence-electron chi connectivity index (χ2n) is 6.25. The van der Waals surface area contributed by atoms with Crippen molar-refractivity contribution in [2.45, 2.75) is 69.9 Å². The van der Waals surface area contributed by atoms with Gasteiger partial charge in [-0.15, -0.1) is 0 Å². The lowest BCUT2D eigenvalue weighted by Gasteiger charge is -2.39. The van der Waals surface area contributed by atoms with Crippen LogP contribution < -0.4 is 5.73 Å². The fourth-order valence-electron chi connectivity index (χ4n) is 3.33. The summed E-state index contributed by atoms with van der Waals surface area (Å²) >= 11 is 0. The molecule has 4 heteroatoms. The first-order valence-corrected chi connectivity index (χ1v) is 7.86. The Bertz CT molecular complexity index is 292. The van der Waals surface area contributed by atoms with Crippen LogP contribution in [0, 0.1) is 5.92 Å². The highest BCUT2D eigenvalue weighted by molar-refractivity contribution is 5.77. The number of aliphatic hydroxyl groups excluding tert-OH is 1. The molecule has 1 amide bonds. The summed E-state index contributed by atoms with van der Waals surface area (Å²) in [5, 5.41) is 8.97. The summed E-state index contributed by atoms with van der Waals surface area (Å²) in [6.45, 7) is 0.892. The Balaban J connectivity index is 1.83. The third kappa shape index (κ3) is 4.18. The average Bonchev–Trinajstić information content (AvgIpc) is 2.31. The minimum absolute atomic E-state index is 0.171. The van der Waals surface area contributed by atoms with Gasteiger partial charge in [0.15, 0.2) is 0 Å². The summed E-state index contributed by atoms with van der Waals surface area (Å²) in [5.41, 5.74) is 6.00. The van der Waals surface area contributed by atoms with Crippen LogP contribution in [0.5, 0.6) is 0 Å². The second-order valence-corrected chi connectivity index (χ2v) is 6.25. The smallest absolute Gasteiger partial charge is 0.223 e. The largest absolute Gasteiger partial charge is 0.396 e. The van der Waals surface area contributed by atoms with Crippen LogP contribution in [0.25, 0.3) is 0 Å². The van der Waals surface area contributed by atoms with Gasteiger partial charge in [-0.2, -0.15) is 0 Å². The molecule has 2 rings (SSSR count). The Morgan fingerprint density at radius 1 is 1.21 bits per heavy atom. The van der Waals surface area contributed by atoms with Crippen molar-refractivity contribution in [1.82, 2.24) is 4.90 Å². The Morgan fingerprint density at radius 2 is 1.95 bits per heavy atom. The Kier molecular flexibility index (Phi) is 5.64. The lowest BCUT2D eigenvalue weighted by atomic mass is 9.83. The molecule has 110 valence electrons. The van der Waals surface area contributed by atoms with Crippen molar-refractivity contribution < 1.29 is 9.90 Å². The van der Waals surface area contributed by atoms with E-state index in [-0.39, 0.29) is 12.5 Å². The van der Waals surface area contributed by atoms with E-state index in [2.05, 4.69) is 0 Å². The number of carbonyl (C=O) groups excluding carboxylic acids is 1. The van der Waals surface area contributed by atoms with E-state index in [1.54, 1.807) is 0 Å². The maximum Gasteiger partial charge on any atom is 0.223 e. The van der Waals surface area contributed by atoms with Crippen LogP contribution in [0.2, 0.25) is 0 Å². The summed E-state index contributed by atoms with van der Waals surface area (Å²) in [7, 11) is 0. The van der Waals surface area contributed by atoms with Crippen molar-refractivity contribution in [2.75, 3.05) is 13.2 Å². The fraction of sp³-hybridized carbons (Fsp3) is 0.933. The van der Waals surface area contributed by atoms with E-state index >= 15 is 0 Å². The van der Waals surface area contributed by atoms with Crippen molar-refractivity contribution in [2.24, 2.45) is 11.7 Å². The predicted molar refractivity (Wildman–Crippen MR) is 75.6 cm³/mol. The zero-order chi connectivity index (χ0) is 13.7. The maximum absolute atomic E-state index is 12.5. The predicted octanol–water partition coefficient (Wildman–Crippen LogP) is 1.66. The molecule has 0 saturated heterocycles. The van der Waals surface area contributed by atoms with Crippen LogP contribution in [0.1, 0.15) is 57.8 Å². The number of hydrogen-bond donors (Lipinski definition) is 2. The van der Waals surface area contributed by atoms with Crippen molar-refractivity contribution in [1.29, 1.82) is 0 Å². The lowest BCUT2D eigenvalue weighted by molar-refractivity contribution is -0.136. The average molecular weight is 268 g/mol. The third-order valence-electron chi connectivity index (χ3n) is 4.68. The van der Waals surface area contributed by atoms with Gasteiger partial charge in [-0.3, -0.25) is 4.79 Å². The Labute approximate surface area is 116 Å². The molecule has 4 nitrogen and oxygen atoms in total. The van der Waals surface area contributed by atoms with E-state index in [0.29, 0.717) is 30.8 Å². The van der Waals surface area contributed by atoms with Gasteiger partial charge in [0.2, 0.25) is 5.91 Å². The highest BCUT2D eigenvalue weighted by Crippen LogP contribution is 2.29. The normalized spacial score (nSPS) is 27.9. The number of carbonyl (C=O) groups is 1. The van der Waals surface area contributed by atoms with Crippen LogP contribution in [0.3, 0.4) is 0 Å². The van der Waals surface area contributed by atoms with Crippen LogP contribution in [-0.4, -0.2) is 41.1 Å². The molecule has 0 aromatic rings. The van der Waals surface area contributed by atoms with Gasteiger partial charge in [0.05, 0.1) is 0 Å². The first-order valence-electron chi connectivity index (χ1n) is 7.86. The SMILES string of the molecule is NC1CCCC(CC(=O)N(CCCO)C2CCC2)C1. The molecule has 0 aromatic heterocycles. The van der Waals surface area contributed by atoms with E-state index in [4.69, 9.17) is 10.8 Å². The number of aliphatic hydroxyl groups is 1. The van der Waals surface area contributed by atoms with E-state index in [0.717, 1.165) is 38.6 Å². The van der Waals surface area contributed by atoms with E-state index in [9.17, 15) is 4.79 Å². The number of amides is 1. The molecule has 0 spiro atoms. The highest BCUT2D eigenvalue weighted by atomic mass is 16.3. The van der Waals surface area contributed by atoms with Gasteiger partial charge in [0, 0.05) is 31.7 Å². The molecular formula is C15H28N2O2. The van der Waals surface area contributed by atoms with Gasteiger partial charge in [-0.05, 0) is 50.9 Å². The van der Waals surface area contributed by atoms with Crippen LogP contribution in [0.15, 0.2) is 0 Å². The molecule has 19 heavy (non-hydrogen) atoms. The minimum Gasteiger partial charge on any atom is -0.396 e.